The molecule has 1 aliphatic carbocycles. The molecule has 2 N–H and O–H groups in total. The second-order valence-corrected chi connectivity index (χ2v) is 10.6. The van der Waals surface area contributed by atoms with Crippen molar-refractivity contribution >= 4 is 67.3 Å². The van der Waals surface area contributed by atoms with Gasteiger partial charge in [-0.2, -0.15) is 4.90 Å². The summed E-state index contributed by atoms with van der Waals surface area (Å²) in [5.41, 5.74) is 3.16. The number of rotatable bonds is 4. The first-order valence-corrected chi connectivity index (χ1v) is 12.9. The van der Waals surface area contributed by atoms with Crippen molar-refractivity contribution < 1.29 is 4.68 Å². The van der Waals surface area contributed by atoms with Crippen molar-refractivity contribution in [2.75, 3.05) is 4.90 Å². The van der Waals surface area contributed by atoms with Crippen molar-refractivity contribution in [2.45, 2.75) is 38.1 Å². The lowest BCUT2D eigenvalue weighted by Gasteiger charge is -2.27. The van der Waals surface area contributed by atoms with E-state index in [1.54, 1.807) is 11.3 Å². The van der Waals surface area contributed by atoms with Crippen molar-refractivity contribution in [3.05, 3.63) is 58.6 Å². The molecule has 0 radical (unpaired) electrons. The summed E-state index contributed by atoms with van der Waals surface area (Å²) in [6.45, 7) is 0. The van der Waals surface area contributed by atoms with Crippen molar-refractivity contribution in [1.29, 1.82) is 0 Å². The number of H-pyrrole nitrogens is 2. The summed E-state index contributed by atoms with van der Waals surface area (Å²) in [5, 5.41) is 10.7. The van der Waals surface area contributed by atoms with Gasteiger partial charge in [0.15, 0.2) is 5.01 Å². The molecule has 1 saturated carbocycles. The number of aromatic nitrogens is 4. The number of benzene rings is 2. The predicted molar refractivity (Wildman–Crippen MR) is 138 cm³/mol. The monoisotopic (exact) mass is 496 g/mol. The largest absolute Gasteiger partial charge is 0.365 e. The minimum absolute atomic E-state index is 0.434. The molecule has 1 fully saturated rings. The Kier molecular flexibility index (Phi) is 5.32. The number of hydrogen-bond donors (Lipinski definition) is 2. The van der Waals surface area contributed by atoms with Gasteiger partial charge in [0.05, 0.1) is 5.69 Å². The second-order valence-electron chi connectivity index (χ2n) is 8.78. The van der Waals surface area contributed by atoms with Crippen LogP contribution in [0.25, 0.3) is 32.5 Å². The van der Waals surface area contributed by atoms with Crippen LogP contribution in [0, 0.1) is 0 Å². The summed E-state index contributed by atoms with van der Waals surface area (Å²) in [4.78, 5) is 9.59. The lowest BCUT2D eigenvalue weighted by Crippen LogP contribution is -2.42. The average molecular weight is 497 g/mol. The number of fused-ring (bicyclic) bond motifs is 2. The van der Waals surface area contributed by atoms with Gasteiger partial charge in [-0.1, -0.05) is 34.7 Å². The summed E-state index contributed by atoms with van der Waals surface area (Å²) >= 11 is 14.2. The lowest BCUT2D eigenvalue weighted by atomic mass is 9.94. The van der Waals surface area contributed by atoms with Gasteiger partial charge in [0.2, 0.25) is 5.82 Å². The van der Waals surface area contributed by atoms with Crippen LogP contribution in [-0.4, -0.2) is 21.1 Å². The molecule has 5 nitrogen and oxygen atoms in total. The SMILES string of the molecule is C[n+]1nc(-c2cc3cc(Cl)ccc3[nH]2)sc1N(c1cc2cc(Cl)ccc2[nH]1)C1CCCCC1. The smallest absolute Gasteiger partial charge is 0.352 e. The maximum Gasteiger partial charge on any atom is 0.365 e. The Morgan fingerprint density at radius 2 is 1.58 bits per heavy atom. The van der Waals surface area contributed by atoms with Crippen molar-refractivity contribution in [3.63, 3.8) is 0 Å². The maximum absolute atomic E-state index is 6.26. The van der Waals surface area contributed by atoms with E-state index in [-0.39, 0.29) is 0 Å². The highest BCUT2D eigenvalue weighted by atomic mass is 35.5. The Balaban J connectivity index is 1.45. The summed E-state index contributed by atoms with van der Waals surface area (Å²) in [5.74, 6) is 1.09. The van der Waals surface area contributed by atoms with Gasteiger partial charge >= 0.3 is 5.13 Å². The molecule has 0 atom stereocenters. The first-order chi connectivity index (χ1) is 16.0. The van der Waals surface area contributed by atoms with Gasteiger partial charge in [-0.05, 0) is 79.5 Å². The van der Waals surface area contributed by atoms with E-state index in [2.05, 4.69) is 27.0 Å². The van der Waals surface area contributed by atoms with Crippen LogP contribution in [0.2, 0.25) is 10.0 Å². The Labute approximate surface area is 206 Å². The molecular weight excluding hydrogens is 473 g/mol. The van der Waals surface area contributed by atoms with Gasteiger partial charge < -0.3 is 9.97 Å². The van der Waals surface area contributed by atoms with Gasteiger partial charge in [-0.3, -0.25) is 0 Å². The molecule has 1 aliphatic rings. The molecule has 0 spiro atoms. The molecule has 0 saturated heterocycles. The zero-order valence-corrected chi connectivity index (χ0v) is 20.6. The quantitative estimate of drug-likeness (QED) is 0.255. The number of aryl methyl sites for hydroxylation is 1. The molecule has 6 rings (SSSR count). The minimum atomic E-state index is 0.434. The van der Waals surface area contributed by atoms with Gasteiger partial charge in [0.1, 0.15) is 13.1 Å². The Morgan fingerprint density at radius 3 is 2.30 bits per heavy atom. The standard InChI is InChI=1S/C25H24Cl2N5S/c1-31-25(33-24(30-31)22-13-15-11-17(26)7-9-20(15)28-22)32(19-5-3-2-4-6-19)23-14-16-12-18(27)8-10-21(16)29-23/h7-14,19,28-29H,2-6H2,1H3/q+1. The third-order valence-electron chi connectivity index (χ3n) is 6.49. The molecule has 3 heterocycles. The molecular formula is C25H24Cl2N5S+. The van der Waals surface area contributed by atoms with Crippen LogP contribution in [0.15, 0.2) is 48.5 Å². The van der Waals surface area contributed by atoms with E-state index in [0.717, 1.165) is 53.5 Å². The highest BCUT2D eigenvalue weighted by Gasteiger charge is 2.35. The van der Waals surface area contributed by atoms with E-state index >= 15 is 0 Å². The normalized spacial score (nSPS) is 15.0. The number of aromatic amines is 2. The number of nitrogens with one attached hydrogen (secondary N) is 2. The molecule has 0 amide bonds. The summed E-state index contributed by atoms with van der Waals surface area (Å²) < 4.78 is 2.01. The molecule has 8 heteroatoms. The topological polar surface area (TPSA) is 51.6 Å². The molecule has 0 bridgehead atoms. The predicted octanol–water partition coefficient (Wildman–Crippen LogP) is 7.37. The summed E-state index contributed by atoms with van der Waals surface area (Å²) in [7, 11) is 2.03. The molecule has 5 aromatic rings. The van der Waals surface area contributed by atoms with E-state index in [0.29, 0.717) is 6.04 Å². The summed E-state index contributed by atoms with van der Waals surface area (Å²) in [6.07, 6.45) is 6.17. The maximum atomic E-state index is 6.26. The van der Waals surface area contributed by atoms with Crippen LogP contribution >= 0.6 is 34.5 Å². The molecule has 0 unspecified atom stereocenters. The van der Waals surface area contributed by atoms with Gasteiger partial charge in [-0.15, -0.1) is 4.68 Å². The fraction of sp³-hybridized carbons (Fsp3) is 0.280. The number of halogens is 2. The highest BCUT2D eigenvalue weighted by molar-refractivity contribution is 7.18. The van der Waals surface area contributed by atoms with Gasteiger partial charge in [0.25, 0.3) is 0 Å². The van der Waals surface area contributed by atoms with Crippen LogP contribution in [0.3, 0.4) is 0 Å². The zero-order valence-electron chi connectivity index (χ0n) is 18.2. The number of anilines is 2. The van der Waals surface area contributed by atoms with Crippen LogP contribution in [0.4, 0.5) is 10.9 Å². The lowest BCUT2D eigenvalue weighted by molar-refractivity contribution is -0.713. The Hall–Kier alpha value is -2.54. The van der Waals surface area contributed by atoms with Crippen molar-refractivity contribution in [2.24, 2.45) is 7.05 Å². The van der Waals surface area contributed by atoms with Gasteiger partial charge in [-0.25, -0.2) is 0 Å². The first kappa shape index (κ1) is 21.0. The summed E-state index contributed by atoms with van der Waals surface area (Å²) in [6, 6.07) is 16.7. The molecule has 2 aromatic carbocycles. The van der Waals surface area contributed by atoms with Crippen LogP contribution < -0.4 is 9.58 Å². The fourth-order valence-electron chi connectivity index (χ4n) is 4.90. The zero-order chi connectivity index (χ0) is 22.5. The Bertz CT molecular complexity index is 1460. The van der Waals surface area contributed by atoms with Crippen LogP contribution in [0.5, 0.6) is 0 Å². The van der Waals surface area contributed by atoms with E-state index in [4.69, 9.17) is 28.3 Å². The third kappa shape index (κ3) is 3.90. The molecule has 0 aliphatic heterocycles. The van der Waals surface area contributed by atoms with Gasteiger partial charge in [0, 0.05) is 37.9 Å². The molecule has 33 heavy (non-hydrogen) atoms. The van der Waals surface area contributed by atoms with E-state index in [9.17, 15) is 0 Å². The van der Waals surface area contributed by atoms with Crippen LogP contribution in [-0.2, 0) is 7.05 Å². The molecule has 168 valence electrons. The van der Waals surface area contributed by atoms with E-state index in [1.165, 1.54) is 32.1 Å². The average Bonchev–Trinajstić information content (AvgIpc) is 3.51. The number of nitrogens with zero attached hydrogens (tertiary/aromatic N) is 3. The minimum Gasteiger partial charge on any atom is -0.352 e. The van der Waals surface area contributed by atoms with Crippen LogP contribution in [0.1, 0.15) is 32.1 Å². The Morgan fingerprint density at radius 1 is 0.909 bits per heavy atom. The van der Waals surface area contributed by atoms with E-state index in [1.807, 2.05) is 48.1 Å². The molecule has 3 aromatic heterocycles. The van der Waals surface area contributed by atoms with Crippen molar-refractivity contribution in [1.82, 2.24) is 15.1 Å². The first-order valence-electron chi connectivity index (χ1n) is 11.3. The fourth-order valence-corrected chi connectivity index (χ4v) is 6.33. The van der Waals surface area contributed by atoms with E-state index < -0.39 is 0 Å². The number of hydrogen-bond acceptors (Lipinski definition) is 3. The second kappa shape index (κ2) is 8.35. The highest BCUT2D eigenvalue weighted by Crippen LogP contribution is 2.38. The van der Waals surface area contributed by atoms with Crippen molar-refractivity contribution in [3.8, 4) is 10.7 Å². The third-order valence-corrected chi connectivity index (χ3v) is 8.10.